The standard InChI is InChI=1S/C5H4O2.C3H3NO/c6-3-5-1-2-7-4-5;1-2-5-3-4-1/h1-4H;1-3H. The van der Waals surface area contributed by atoms with E-state index in [1.165, 1.54) is 25.2 Å². The molecule has 12 heavy (non-hydrogen) atoms. The molecule has 0 saturated carbocycles. The van der Waals surface area contributed by atoms with Crippen molar-refractivity contribution in [2.24, 2.45) is 0 Å². The first-order valence-corrected chi connectivity index (χ1v) is 3.23. The molecule has 0 aliphatic rings. The Labute approximate surface area is 68.8 Å². The summed E-state index contributed by atoms with van der Waals surface area (Å²) in [6, 6.07) is 1.60. The number of hydrogen-bond acceptors (Lipinski definition) is 4. The van der Waals surface area contributed by atoms with Gasteiger partial charge in [0.05, 0.1) is 18.0 Å². The number of aldehydes is 1. The second kappa shape index (κ2) is 4.90. The summed E-state index contributed by atoms with van der Waals surface area (Å²) >= 11 is 0. The minimum atomic E-state index is 0.583. The quantitative estimate of drug-likeness (QED) is 0.604. The zero-order chi connectivity index (χ0) is 8.65. The summed E-state index contributed by atoms with van der Waals surface area (Å²) in [6.07, 6.45) is 8.07. The summed E-state index contributed by atoms with van der Waals surface area (Å²) in [6.45, 7) is 0. The number of carbonyl (C=O) groups excluding carboxylic acids is 1. The Bertz CT molecular complexity index is 269. The van der Waals surface area contributed by atoms with Crippen LogP contribution in [0.4, 0.5) is 0 Å². The van der Waals surface area contributed by atoms with Crippen molar-refractivity contribution in [3.8, 4) is 0 Å². The van der Waals surface area contributed by atoms with Gasteiger partial charge in [-0.2, -0.15) is 0 Å². The lowest BCUT2D eigenvalue weighted by molar-refractivity contribution is 0.112. The van der Waals surface area contributed by atoms with Crippen LogP contribution in [0.3, 0.4) is 0 Å². The van der Waals surface area contributed by atoms with Crippen LogP contribution in [0.5, 0.6) is 0 Å². The minimum absolute atomic E-state index is 0.583. The molecule has 2 heterocycles. The van der Waals surface area contributed by atoms with E-state index in [0.717, 1.165) is 6.29 Å². The van der Waals surface area contributed by atoms with Crippen LogP contribution in [-0.2, 0) is 0 Å². The topological polar surface area (TPSA) is 56.2 Å². The summed E-state index contributed by atoms with van der Waals surface area (Å²) in [4.78, 5) is 13.4. The Balaban J connectivity index is 0.000000127. The van der Waals surface area contributed by atoms with Crippen molar-refractivity contribution in [3.63, 3.8) is 0 Å². The van der Waals surface area contributed by atoms with Gasteiger partial charge in [0.25, 0.3) is 0 Å². The summed E-state index contributed by atoms with van der Waals surface area (Å²) < 4.78 is 9.05. The Hall–Kier alpha value is -1.84. The fourth-order valence-corrected chi connectivity index (χ4v) is 0.518. The molecule has 0 aromatic carbocycles. The van der Waals surface area contributed by atoms with Crippen LogP contribution >= 0.6 is 0 Å². The molecule has 0 aliphatic heterocycles. The molecule has 2 rings (SSSR count). The molecule has 4 nitrogen and oxygen atoms in total. The fraction of sp³-hybridized carbons (Fsp3) is 0. The monoisotopic (exact) mass is 165 g/mol. The third-order valence-corrected chi connectivity index (χ3v) is 1.03. The molecular weight excluding hydrogens is 158 g/mol. The van der Waals surface area contributed by atoms with Crippen molar-refractivity contribution in [1.29, 1.82) is 0 Å². The molecule has 0 saturated heterocycles. The molecule has 4 heteroatoms. The van der Waals surface area contributed by atoms with Crippen LogP contribution < -0.4 is 0 Å². The van der Waals surface area contributed by atoms with Crippen molar-refractivity contribution in [2.45, 2.75) is 0 Å². The minimum Gasteiger partial charge on any atom is -0.472 e. The van der Waals surface area contributed by atoms with Gasteiger partial charge in [0.15, 0.2) is 12.7 Å². The Morgan fingerprint density at radius 1 is 1.33 bits per heavy atom. The second-order valence-corrected chi connectivity index (χ2v) is 1.85. The predicted molar refractivity (Wildman–Crippen MR) is 40.6 cm³/mol. The Kier molecular flexibility index (Phi) is 3.37. The van der Waals surface area contributed by atoms with Gasteiger partial charge in [-0.05, 0) is 6.07 Å². The number of oxazole rings is 1. The van der Waals surface area contributed by atoms with E-state index in [2.05, 4.69) is 13.8 Å². The van der Waals surface area contributed by atoms with Gasteiger partial charge >= 0.3 is 0 Å². The van der Waals surface area contributed by atoms with Crippen molar-refractivity contribution in [1.82, 2.24) is 4.98 Å². The van der Waals surface area contributed by atoms with Gasteiger partial charge in [-0.1, -0.05) is 0 Å². The van der Waals surface area contributed by atoms with Gasteiger partial charge in [-0.25, -0.2) is 4.98 Å². The number of furan rings is 1. The van der Waals surface area contributed by atoms with E-state index < -0.39 is 0 Å². The largest absolute Gasteiger partial charge is 0.472 e. The maximum Gasteiger partial charge on any atom is 0.180 e. The maximum absolute atomic E-state index is 9.81. The predicted octanol–water partition coefficient (Wildman–Crippen LogP) is 1.77. The molecule has 62 valence electrons. The zero-order valence-corrected chi connectivity index (χ0v) is 6.21. The van der Waals surface area contributed by atoms with Crippen molar-refractivity contribution in [2.75, 3.05) is 0 Å². The first kappa shape index (κ1) is 8.26. The van der Waals surface area contributed by atoms with Crippen LogP contribution in [0, 0.1) is 0 Å². The molecule has 0 spiro atoms. The van der Waals surface area contributed by atoms with E-state index in [1.54, 1.807) is 12.3 Å². The van der Waals surface area contributed by atoms with E-state index in [4.69, 9.17) is 0 Å². The number of nitrogens with zero attached hydrogens (tertiary/aromatic N) is 1. The molecule has 0 radical (unpaired) electrons. The molecule has 0 aliphatic carbocycles. The highest BCUT2D eigenvalue weighted by Gasteiger charge is 1.84. The summed E-state index contributed by atoms with van der Waals surface area (Å²) in [5, 5.41) is 0. The smallest absolute Gasteiger partial charge is 0.180 e. The molecular formula is C8H7NO3. The Morgan fingerprint density at radius 2 is 2.25 bits per heavy atom. The highest BCUT2D eigenvalue weighted by Crippen LogP contribution is 1.92. The van der Waals surface area contributed by atoms with Gasteiger partial charge in [-0.15, -0.1) is 0 Å². The van der Waals surface area contributed by atoms with E-state index in [0.29, 0.717) is 5.56 Å². The molecule has 2 aromatic heterocycles. The van der Waals surface area contributed by atoms with E-state index in [-0.39, 0.29) is 0 Å². The average molecular weight is 165 g/mol. The van der Waals surface area contributed by atoms with Crippen LogP contribution in [0.2, 0.25) is 0 Å². The first-order chi connectivity index (χ1) is 5.93. The summed E-state index contributed by atoms with van der Waals surface area (Å²) in [5.41, 5.74) is 0.583. The number of aromatic nitrogens is 1. The SMILES string of the molecule is O=Cc1ccoc1.c1cocn1. The van der Waals surface area contributed by atoms with Gasteiger partial charge in [0.2, 0.25) is 0 Å². The summed E-state index contributed by atoms with van der Waals surface area (Å²) in [7, 11) is 0. The van der Waals surface area contributed by atoms with Crippen LogP contribution in [0.25, 0.3) is 0 Å². The van der Waals surface area contributed by atoms with Crippen molar-refractivity contribution >= 4 is 6.29 Å². The lowest BCUT2D eigenvalue weighted by Crippen LogP contribution is -1.65. The molecule has 0 N–H and O–H groups in total. The highest BCUT2D eigenvalue weighted by molar-refractivity contribution is 5.73. The first-order valence-electron chi connectivity index (χ1n) is 3.23. The van der Waals surface area contributed by atoms with Crippen molar-refractivity contribution in [3.05, 3.63) is 43.0 Å². The van der Waals surface area contributed by atoms with Gasteiger partial charge in [-0.3, -0.25) is 4.79 Å². The molecule has 2 aromatic rings. The zero-order valence-electron chi connectivity index (χ0n) is 6.21. The maximum atomic E-state index is 9.81. The number of rotatable bonds is 1. The highest BCUT2D eigenvalue weighted by atomic mass is 16.3. The van der Waals surface area contributed by atoms with Crippen molar-refractivity contribution < 1.29 is 13.6 Å². The van der Waals surface area contributed by atoms with Crippen LogP contribution in [0.15, 0.2) is 46.3 Å². The van der Waals surface area contributed by atoms with Gasteiger partial charge < -0.3 is 8.83 Å². The second-order valence-electron chi connectivity index (χ2n) is 1.85. The lowest BCUT2D eigenvalue weighted by atomic mass is 10.4. The Morgan fingerprint density at radius 3 is 2.50 bits per heavy atom. The van der Waals surface area contributed by atoms with Gasteiger partial charge in [0.1, 0.15) is 12.5 Å². The average Bonchev–Trinajstić information content (AvgIpc) is 2.81. The third-order valence-electron chi connectivity index (χ3n) is 1.03. The normalized spacial score (nSPS) is 8.33. The molecule has 0 atom stereocenters. The van der Waals surface area contributed by atoms with Crippen LogP contribution in [-0.4, -0.2) is 11.3 Å². The molecule has 0 unspecified atom stereocenters. The third kappa shape index (κ3) is 2.83. The van der Waals surface area contributed by atoms with Crippen LogP contribution in [0.1, 0.15) is 10.4 Å². The van der Waals surface area contributed by atoms with E-state index in [1.807, 2.05) is 0 Å². The molecule has 0 fully saturated rings. The van der Waals surface area contributed by atoms with E-state index in [9.17, 15) is 4.79 Å². The van der Waals surface area contributed by atoms with E-state index >= 15 is 0 Å². The fourth-order valence-electron chi connectivity index (χ4n) is 0.518. The number of carbonyl (C=O) groups is 1. The van der Waals surface area contributed by atoms with Gasteiger partial charge in [0, 0.05) is 0 Å². The number of hydrogen-bond donors (Lipinski definition) is 0. The lowest BCUT2D eigenvalue weighted by Gasteiger charge is -1.64. The molecule has 0 bridgehead atoms. The summed E-state index contributed by atoms with van der Waals surface area (Å²) in [5.74, 6) is 0. The molecule has 0 amide bonds.